The van der Waals surface area contributed by atoms with E-state index in [1.165, 1.54) is 50.5 Å². The maximum absolute atomic E-state index is 5.49. The lowest BCUT2D eigenvalue weighted by Crippen LogP contribution is -2.01. The summed E-state index contributed by atoms with van der Waals surface area (Å²) in [6.07, 6.45) is 16.3. The highest BCUT2D eigenvalue weighted by molar-refractivity contribution is 5.13. The molecule has 0 aliphatic heterocycles. The lowest BCUT2D eigenvalue weighted by molar-refractivity contribution is -0.0623. The van der Waals surface area contributed by atoms with Crippen LogP contribution in [0.15, 0.2) is 30.3 Å². The van der Waals surface area contributed by atoms with Crippen molar-refractivity contribution in [3.05, 3.63) is 35.9 Å². The molecule has 0 aliphatic rings. The summed E-state index contributed by atoms with van der Waals surface area (Å²) in [6.45, 7) is 1.82. The number of hydrogen-bond donors (Lipinski definition) is 0. The van der Waals surface area contributed by atoms with Crippen molar-refractivity contribution in [1.82, 2.24) is 0 Å². The van der Waals surface area contributed by atoms with Crippen LogP contribution >= 0.6 is 0 Å². The Balaban J connectivity index is 1.74. The predicted octanol–water partition coefficient (Wildman–Crippen LogP) is 5.32. The molecule has 2 nitrogen and oxygen atoms in total. The lowest BCUT2D eigenvalue weighted by atomic mass is 10.1. The molecule has 0 atom stereocenters. The fraction of sp³-hybridized carbons (Fsp3) is 0.600. The molecule has 0 aliphatic carbocycles. The molecule has 0 spiro atoms. The molecule has 0 amide bonds. The molecule has 0 saturated carbocycles. The summed E-state index contributed by atoms with van der Waals surface area (Å²) in [7, 11) is 0. The van der Waals surface area contributed by atoms with Gasteiger partial charge in [0.25, 0.3) is 0 Å². The smallest absolute Gasteiger partial charge is 0.147 e. The third-order valence-electron chi connectivity index (χ3n) is 3.64. The quantitative estimate of drug-likeness (QED) is 0.263. The van der Waals surface area contributed by atoms with Gasteiger partial charge in [-0.1, -0.05) is 68.9 Å². The van der Waals surface area contributed by atoms with Crippen molar-refractivity contribution in [2.75, 3.05) is 13.4 Å². The second kappa shape index (κ2) is 14.6. The van der Waals surface area contributed by atoms with Gasteiger partial charge in [0.1, 0.15) is 6.79 Å². The normalized spacial score (nSPS) is 10.5. The third-order valence-corrected chi connectivity index (χ3v) is 3.64. The minimum Gasteiger partial charge on any atom is -0.355 e. The second-order valence-electron chi connectivity index (χ2n) is 5.64. The largest absolute Gasteiger partial charge is 0.355 e. The number of terminal acetylenes is 1. The van der Waals surface area contributed by atoms with Gasteiger partial charge >= 0.3 is 0 Å². The number of hydrogen-bond acceptors (Lipinski definition) is 2. The Morgan fingerprint density at radius 2 is 1.41 bits per heavy atom. The summed E-state index contributed by atoms with van der Waals surface area (Å²) in [5.74, 6) is 2.69. The van der Waals surface area contributed by atoms with E-state index in [0.717, 1.165) is 19.4 Å². The molecule has 2 heteroatoms. The first-order valence-electron chi connectivity index (χ1n) is 8.56. The van der Waals surface area contributed by atoms with E-state index in [9.17, 15) is 0 Å². The molecule has 0 saturated heterocycles. The van der Waals surface area contributed by atoms with Gasteiger partial charge in [0.05, 0.1) is 6.61 Å². The highest BCUT2D eigenvalue weighted by atomic mass is 16.7. The highest BCUT2D eigenvalue weighted by Crippen LogP contribution is 2.09. The van der Waals surface area contributed by atoms with Crippen LogP contribution in [0.1, 0.15) is 63.4 Å². The molecular weight excluding hydrogens is 272 g/mol. The molecule has 1 rings (SSSR count). The van der Waals surface area contributed by atoms with E-state index in [1.807, 2.05) is 18.2 Å². The first-order chi connectivity index (χ1) is 10.9. The molecule has 0 radical (unpaired) electrons. The van der Waals surface area contributed by atoms with Crippen LogP contribution in [0.2, 0.25) is 0 Å². The average molecular weight is 302 g/mol. The Hall–Kier alpha value is -1.30. The second-order valence-corrected chi connectivity index (χ2v) is 5.64. The fourth-order valence-electron chi connectivity index (χ4n) is 2.34. The zero-order valence-corrected chi connectivity index (χ0v) is 13.8. The van der Waals surface area contributed by atoms with Gasteiger partial charge in [0.15, 0.2) is 0 Å². The van der Waals surface area contributed by atoms with E-state index in [-0.39, 0.29) is 0 Å². The topological polar surface area (TPSA) is 18.5 Å². The summed E-state index contributed by atoms with van der Waals surface area (Å²) in [5, 5.41) is 0. The van der Waals surface area contributed by atoms with Crippen LogP contribution in [-0.4, -0.2) is 13.4 Å². The van der Waals surface area contributed by atoms with Crippen molar-refractivity contribution in [1.29, 1.82) is 0 Å². The van der Waals surface area contributed by atoms with Crippen LogP contribution in [0.5, 0.6) is 0 Å². The van der Waals surface area contributed by atoms with E-state index in [4.69, 9.17) is 15.9 Å². The fourth-order valence-corrected chi connectivity index (χ4v) is 2.34. The zero-order valence-electron chi connectivity index (χ0n) is 13.8. The van der Waals surface area contributed by atoms with Crippen molar-refractivity contribution in [3.8, 4) is 12.3 Å². The molecule has 22 heavy (non-hydrogen) atoms. The van der Waals surface area contributed by atoms with Gasteiger partial charge in [-0.05, 0) is 18.4 Å². The summed E-state index contributed by atoms with van der Waals surface area (Å²) in [5.41, 5.74) is 1.19. The maximum Gasteiger partial charge on any atom is 0.147 e. The third kappa shape index (κ3) is 11.4. The van der Waals surface area contributed by atoms with Crippen LogP contribution in [0.25, 0.3) is 0 Å². The average Bonchev–Trinajstić information content (AvgIpc) is 2.56. The monoisotopic (exact) mass is 302 g/mol. The molecule has 0 fully saturated rings. The van der Waals surface area contributed by atoms with Gasteiger partial charge < -0.3 is 9.47 Å². The number of ether oxygens (including phenoxy) is 2. The molecular formula is C20H30O2. The highest BCUT2D eigenvalue weighted by Gasteiger charge is 1.94. The van der Waals surface area contributed by atoms with Gasteiger partial charge in [-0.15, -0.1) is 12.3 Å². The Kier molecular flexibility index (Phi) is 12.5. The molecule has 0 heterocycles. The Morgan fingerprint density at radius 3 is 2.09 bits per heavy atom. The minimum atomic E-state index is 0.393. The van der Waals surface area contributed by atoms with Crippen LogP contribution in [-0.2, 0) is 16.1 Å². The lowest BCUT2D eigenvalue weighted by Gasteiger charge is -2.06. The van der Waals surface area contributed by atoms with Crippen LogP contribution in [0.4, 0.5) is 0 Å². The first-order valence-corrected chi connectivity index (χ1v) is 8.56. The maximum atomic E-state index is 5.49. The first kappa shape index (κ1) is 18.7. The molecule has 1 aromatic carbocycles. The van der Waals surface area contributed by atoms with Gasteiger partial charge in [-0.2, -0.15) is 0 Å². The van der Waals surface area contributed by atoms with Gasteiger partial charge in [0, 0.05) is 13.0 Å². The molecule has 0 bridgehead atoms. The molecule has 0 aromatic heterocycles. The molecule has 1 aromatic rings. The van der Waals surface area contributed by atoms with E-state index in [0.29, 0.717) is 13.4 Å². The van der Waals surface area contributed by atoms with Gasteiger partial charge in [-0.25, -0.2) is 0 Å². The zero-order chi connectivity index (χ0) is 15.7. The Bertz CT molecular complexity index is 380. The van der Waals surface area contributed by atoms with E-state index in [1.54, 1.807) is 0 Å². The van der Waals surface area contributed by atoms with Crippen molar-refractivity contribution in [2.45, 2.75) is 64.4 Å². The molecule has 122 valence electrons. The number of unbranched alkanes of at least 4 members (excludes halogenated alkanes) is 8. The van der Waals surface area contributed by atoms with Crippen molar-refractivity contribution >= 4 is 0 Å². The van der Waals surface area contributed by atoms with E-state index in [2.05, 4.69) is 18.1 Å². The predicted molar refractivity (Wildman–Crippen MR) is 92.4 cm³/mol. The molecule has 0 N–H and O–H groups in total. The van der Waals surface area contributed by atoms with Crippen molar-refractivity contribution in [3.63, 3.8) is 0 Å². The molecule has 0 unspecified atom stereocenters. The van der Waals surface area contributed by atoms with E-state index >= 15 is 0 Å². The number of rotatable bonds is 14. The standard InChI is InChI=1S/C20H30O2/c1-2-3-4-5-6-7-8-9-10-14-17-21-19-22-18-20-15-12-11-13-16-20/h1,11-13,15-16H,3-10,14,17-19H2. The van der Waals surface area contributed by atoms with E-state index < -0.39 is 0 Å². The van der Waals surface area contributed by atoms with Gasteiger partial charge in [-0.3, -0.25) is 0 Å². The Morgan fingerprint density at radius 1 is 0.773 bits per heavy atom. The van der Waals surface area contributed by atoms with Crippen molar-refractivity contribution in [2.24, 2.45) is 0 Å². The summed E-state index contributed by atoms with van der Waals surface area (Å²) >= 11 is 0. The van der Waals surface area contributed by atoms with Crippen LogP contribution < -0.4 is 0 Å². The summed E-state index contributed by atoms with van der Waals surface area (Å²) < 4.78 is 11.0. The van der Waals surface area contributed by atoms with Crippen LogP contribution in [0, 0.1) is 12.3 Å². The number of benzene rings is 1. The van der Waals surface area contributed by atoms with Crippen LogP contribution in [0.3, 0.4) is 0 Å². The summed E-state index contributed by atoms with van der Waals surface area (Å²) in [4.78, 5) is 0. The Labute approximate surface area is 136 Å². The van der Waals surface area contributed by atoms with Crippen molar-refractivity contribution < 1.29 is 9.47 Å². The summed E-state index contributed by atoms with van der Waals surface area (Å²) in [6, 6.07) is 10.2. The SMILES string of the molecule is C#CCCCCCCCCCCOCOCc1ccccc1. The van der Waals surface area contributed by atoms with Gasteiger partial charge in [0.2, 0.25) is 0 Å². The minimum absolute atomic E-state index is 0.393.